The first kappa shape index (κ1) is 25.7. The molecular weight excluding hydrogens is 542 g/mol. The fourth-order valence-corrected chi connectivity index (χ4v) is 10.3. The molecule has 1 spiro atoms. The first-order chi connectivity index (χ1) is 21.5. The van der Waals surface area contributed by atoms with Crippen molar-refractivity contribution in [3.05, 3.63) is 112 Å². The van der Waals surface area contributed by atoms with E-state index in [2.05, 4.69) is 84.6 Å². The van der Waals surface area contributed by atoms with Crippen molar-refractivity contribution in [1.82, 2.24) is 4.90 Å². The van der Waals surface area contributed by atoms with Gasteiger partial charge in [0.25, 0.3) is 0 Å². The van der Waals surface area contributed by atoms with Crippen LogP contribution in [-0.4, -0.2) is 48.0 Å². The van der Waals surface area contributed by atoms with Crippen LogP contribution in [0.1, 0.15) is 65.0 Å². The minimum atomic E-state index is -0.907. The molecule has 4 heteroatoms. The number of nitrogens with zero attached hydrogens (tertiary/aromatic N) is 1. The Morgan fingerprint density at radius 3 is 2.66 bits per heavy atom. The highest BCUT2D eigenvalue weighted by atomic mass is 16.5. The highest BCUT2D eigenvalue weighted by Gasteiger charge is 2.73. The quantitative estimate of drug-likeness (QED) is 0.272. The number of likely N-dealkylation sites (tertiary alicyclic amines) is 1. The number of aryl methyl sites for hydroxylation is 1. The van der Waals surface area contributed by atoms with Crippen molar-refractivity contribution in [2.24, 2.45) is 5.92 Å². The average Bonchev–Trinajstić information content (AvgIpc) is 3.71. The van der Waals surface area contributed by atoms with Gasteiger partial charge in [0.15, 0.2) is 11.5 Å². The van der Waals surface area contributed by atoms with Crippen molar-refractivity contribution < 1.29 is 14.6 Å². The summed E-state index contributed by atoms with van der Waals surface area (Å²) in [6.45, 7) is 4.28. The van der Waals surface area contributed by atoms with E-state index in [-0.39, 0.29) is 18.1 Å². The van der Waals surface area contributed by atoms with Gasteiger partial charge < -0.3 is 14.6 Å². The van der Waals surface area contributed by atoms with Crippen LogP contribution in [0.3, 0.4) is 0 Å². The number of rotatable bonds is 5. The van der Waals surface area contributed by atoms with Gasteiger partial charge in [0.1, 0.15) is 6.10 Å². The van der Waals surface area contributed by atoms with Gasteiger partial charge in [-0.3, -0.25) is 4.90 Å². The van der Waals surface area contributed by atoms with E-state index in [0.29, 0.717) is 6.42 Å². The van der Waals surface area contributed by atoms with Crippen LogP contribution in [0, 0.1) is 12.8 Å². The van der Waals surface area contributed by atoms with Crippen molar-refractivity contribution in [3.63, 3.8) is 0 Å². The summed E-state index contributed by atoms with van der Waals surface area (Å²) in [6.07, 6.45) is 5.82. The molecule has 1 N–H and O–H groups in total. The van der Waals surface area contributed by atoms with Gasteiger partial charge in [-0.2, -0.15) is 0 Å². The van der Waals surface area contributed by atoms with Gasteiger partial charge in [-0.15, -0.1) is 0 Å². The monoisotopic (exact) mass is 581 g/mol. The average molecular weight is 582 g/mol. The van der Waals surface area contributed by atoms with E-state index in [1.165, 1.54) is 68.1 Å². The summed E-state index contributed by atoms with van der Waals surface area (Å²) in [5, 5.41) is 16.1. The molecule has 1 saturated heterocycles. The highest BCUT2D eigenvalue weighted by Crippen LogP contribution is 2.70. The Morgan fingerprint density at radius 2 is 1.84 bits per heavy atom. The lowest BCUT2D eigenvalue weighted by Gasteiger charge is -2.63. The third kappa shape index (κ3) is 3.16. The van der Waals surface area contributed by atoms with Crippen molar-refractivity contribution in [3.8, 4) is 11.5 Å². The second kappa shape index (κ2) is 8.77. The molecule has 6 aliphatic rings. The Kier molecular flexibility index (Phi) is 5.12. The van der Waals surface area contributed by atoms with Gasteiger partial charge in [-0.25, -0.2) is 0 Å². The molecule has 0 radical (unpaired) electrons. The number of fused-ring (bicyclic) bond motifs is 5. The molecule has 4 nitrogen and oxygen atoms in total. The Morgan fingerprint density at radius 1 is 1.00 bits per heavy atom. The molecule has 0 aromatic heterocycles. The van der Waals surface area contributed by atoms with E-state index in [1.807, 2.05) is 0 Å². The van der Waals surface area contributed by atoms with Crippen molar-refractivity contribution in [1.29, 1.82) is 0 Å². The van der Waals surface area contributed by atoms with E-state index in [0.717, 1.165) is 49.8 Å². The van der Waals surface area contributed by atoms with Crippen LogP contribution in [0.25, 0.3) is 16.3 Å². The van der Waals surface area contributed by atoms with Crippen LogP contribution in [-0.2, 0) is 18.3 Å². The molecule has 4 aromatic carbocycles. The molecule has 4 aliphatic carbocycles. The van der Waals surface area contributed by atoms with E-state index in [1.54, 1.807) is 7.11 Å². The van der Waals surface area contributed by atoms with E-state index < -0.39 is 11.0 Å². The fourth-order valence-electron chi connectivity index (χ4n) is 10.3. The van der Waals surface area contributed by atoms with Crippen molar-refractivity contribution >= 4 is 16.3 Å². The summed E-state index contributed by atoms with van der Waals surface area (Å²) in [6, 6.07) is 27.0. The molecule has 2 aliphatic heterocycles. The summed E-state index contributed by atoms with van der Waals surface area (Å²) < 4.78 is 13.2. The SMILES string of the molecule is COc1ccc2c3c1OC1C4=C(CC5(O)[C@@H](C2)N(CC2CC2)CC[C@]315)c1ccc2ccccc2c1C4Cc1ccc(C)cc1. The number of aliphatic hydroxyl groups is 1. The summed E-state index contributed by atoms with van der Waals surface area (Å²) in [7, 11) is 1.75. The maximum atomic E-state index is 13.5. The van der Waals surface area contributed by atoms with Crippen molar-refractivity contribution in [2.45, 2.75) is 74.5 Å². The number of piperidine rings is 1. The maximum absolute atomic E-state index is 13.5. The number of benzene rings is 4. The standard InChI is InChI=1S/C40H39NO3/c1-23-7-9-24(10-8-23)19-30-34-28-6-4-3-5-26(28)13-15-29(34)31-21-40(42)33-20-27-14-16-32(43-2)37-36(27)39(40,38(44-37)35(30)31)17-18-41(33)22-25-11-12-25/h3-10,13-16,25,30,33,38,42H,11-12,17-22H2,1-2H3/t30?,33-,38?,39+,40?/m1/s1. The Bertz CT molecular complexity index is 1900. The van der Waals surface area contributed by atoms with E-state index >= 15 is 0 Å². The van der Waals surface area contributed by atoms with Gasteiger partial charge >= 0.3 is 0 Å². The lowest BCUT2D eigenvalue weighted by Crippen LogP contribution is -2.75. The van der Waals surface area contributed by atoms with Crippen molar-refractivity contribution in [2.75, 3.05) is 20.2 Å². The Labute approximate surface area is 259 Å². The molecule has 10 rings (SSSR count). The lowest BCUT2D eigenvalue weighted by atomic mass is 9.48. The summed E-state index contributed by atoms with van der Waals surface area (Å²) in [5.74, 6) is 2.65. The minimum Gasteiger partial charge on any atom is -0.493 e. The maximum Gasteiger partial charge on any atom is 0.166 e. The van der Waals surface area contributed by atoms with Gasteiger partial charge in [-0.05, 0) is 102 Å². The second-order valence-electron chi connectivity index (χ2n) is 14.5. The predicted octanol–water partition coefficient (Wildman–Crippen LogP) is 7.12. The molecule has 44 heavy (non-hydrogen) atoms. The molecule has 1 saturated carbocycles. The zero-order valence-corrected chi connectivity index (χ0v) is 25.6. The number of hydrogen-bond donors (Lipinski definition) is 1. The summed E-state index contributed by atoms with van der Waals surface area (Å²) in [5.41, 5.74) is 9.32. The zero-order valence-electron chi connectivity index (χ0n) is 25.6. The van der Waals surface area contributed by atoms with Gasteiger partial charge in [0.05, 0.1) is 18.1 Å². The van der Waals surface area contributed by atoms with E-state index in [4.69, 9.17) is 9.47 Å². The van der Waals surface area contributed by atoms with Crippen LogP contribution in [0.5, 0.6) is 11.5 Å². The molecule has 5 atom stereocenters. The summed E-state index contributed by atoms with van der Waals surface area (Å²) >= 11 is 0. The molecule has 222 valence electrons. The van der Waals surface area contributed by atoms with Crippen LogP contribution >= 0.6 is 0 Å². The molecule has 3 unspecified atom stereocenters. The van der Waals surface area contributed by atoms with Crippen LogP contribution in [0.15, 0.2) is 78.4 Å². The lowest BCUT2D eigenvalue weighted by molar-refractivity contribution is -0.162. The van der Waals surface area contributed by atoms with Crippen LogP contribution in [0.2, 0.25) is 0 Å². The van der Waals surface area contributed by atoms with Gasteiger partial charge in [0.2, 0.25) is 0 Å². The molecule has 0 amide bonds. The smallest absolute Gasteiger partial charge is 0.166 e. The number of methoxy groups -OCH3 is 1. The highest BCUT2D eigenvalue weighted by molar-refractivity contribution is 5.96. The van der Waals surface area contributed by atoms with Gasteiger partial charge in [0, 0.05) is 30.5 Å². The molecule has 4 aromatic rings. The summed E-state index contributed by atoms with van der Waals surface area (Å²) in [4.78, 5) is 2.66. The second-order valence-corrected chi connectivity index (χ2v) is 14.5. The predicted molar refractivity (Wildman–Crippen MR) is 174 cm³/mol. The Hall–Kier alpha value is -3.60. The first-order valence-electron chi connectivity index (χ1n) is 16.6. The largest absolute Gasteiger partial charge is 0.493 e. The third-order valence-electron chi connectivity index (χ3n) is 12.4. The normalized spacial score (nSPS) is 31.0. The van der Waals surface area contributed by atoms with Crippen LogP contribution in [0.4, 0.5) is 0 Å². The Balaban J connectivity index is 1.22. The molecule has 2 fully saturated rings. The number of ether oxygens (including phenoxy) is 2. The molecule has 2 bridgehead atoms. The molecular formula is C40H39NO3. The zero-order chi connectivity index (χ0) is 29.4. The first-order valence-corrected chi connectivity index (χ1v) is 16.6. The van der Waals surface area contributed by atoms with E-state index in [9.17, 15) is 5.11 Å². The van der Waals surface area contributed by atoms with Gasteiger partial charge in [-0.1, -0.05) is 72.3 Å². The van der Waals surface area contributed by atoms with Crippen LogP contribution < -0.4 is 9.47 Å². The number of hydrogen-bond acceptors (Lipinski definition) is 4. The third-order valence-corrected chi connectivity index (χ3v) is 12.4. The fraction of sp³-hybridized carbons (Fsp3) is 0.400. The minimum absolute atomic E-state index is 0.0869. The molecule has 2 heterocycles. The topological polar surface area (TPSA) is 41.9 Å².